The molecule has 2 aromatic carbocycles. The van der Waals surface area contributed by atoms with Gasteiger partial charge in [0, 0.05) is 10.9 Å². The smallest absolute Gasteiger partial charge is 0.375 e. The molecule has 0 bridgehead atoms. The van der Waals surface area contributed by atoms with Crippen molar-refractivity contribution in [2.24, 2.45) is 0 Å². The number of hydrogen-bond donors (Lipinski definition) is 1. The van der Waals surface area contributed by atoms with Crippen LogP contribution < -0.4 is 10.1 Å². The Kier molecular flexibility index (Phi) is 5.63. The highest BCUT2D eigenvalue weighted by atomic mass is 19.1. The van der Waals surface area contributed by atoms with Gasteiger partial charge in [-0.15, -0.1) is 0 Å². The number of nitrogens with one attached hydrogen (secondary N) is 1. The Bertz CT molecular complexity index is 1030. The largest absolute Gasteiger partial charge is 0.492 e. The second-order valence-electron chi connectivity index (χ2n) is 6.14. The number of halogens is 1. The van der Waals surface area contributed by atoms with Crippen LogP contribution >= 0.6 is 0 Å². The SMILES string of the molecule is CCOc1ccccc1NC(=O)[C@@H](C)OC(=O)c1oc2c(F)cccc2c1C. The number of anilines is 1. The van der Waals surface area contributed by atoms with Gasteiger partial charge in [-0.3, -0.25) is 4.79 Å². The van der Waals surface area contributed by atoms with Crippen molar-refractivity contribution in [1.29, 1.82) is 0 Å². The monoisotopic (exact) mass is 385 g/mol. The molecule has 0 saturated carbocycles. The lowest BCUT2D eigenvalue weighted by Gasteiger charge is -2.15. The summed E-state index contributed by atoms with van der Waals surface area (Å²) in [4.78, 5) is 24.9. The third kappa shape index (κ3) is 3.83. The summed E-state index contributed by atoms with van der Waals surface area (Å²) in [5, 5.41) is 3.15. The highest BCUT2D eigenvalue weighted by Gasteiger charge is 2.25. The molecule has 0 fully saturated rings. The molecule has 28 heavy (non-hydrogen) atoms. The molecule has 0 aliphatic rings. The molecule has 1 amide bonds. The summed E-state index contributed by atoms with van der Waals surface area (Å²) in [6.45, 7) is 5.35. The third-order valence-corrected chi connectivity index (χ3v) is 4.20. The number of aryl methyl sites for hydroxylation is 1. The van der Waals surface area contributed by atoms with Gasteiger partial charge >= 0.3 is 5.97 Å². The van der Waals surface area contributed by atoms with Gasteiger partial charge < -0.3 is 19.2 Å². The van der Waals surface area contributed by atoms with E-state index in [4.69, 9.17) is 13.9 Å². The average molecular weight is 385 g/mol. The van der Waals surface area contributed by atoms with Gasteiger partial charge in [-0.1, -0.05) is 24.3 Å². The van der Waals surface area contributed by atoms with Crippen LogP contribution in [0.2, 0.25) is 0 Å². The molecule has 1 N–H and O–H groups in total. The standard InChI is InChI=1S/C21H20FNO5/c1-4-26-17-11-6-5-10-16(17)23-20(24)13(3)27-21(25)18-12(2)14-8-7-9-15(22)19(14)28-18/h5-11,13H,4H2,1-3H3,(H,23,24)/t13-/m1/s1. The molecule has 3 rings (SSSR count). The van der Waals surface area contributed by atoms with E-state index >= 15 is 0 Å². The lowest BCUT2D eigenvalue weighted by molar-refractivity contribution is -0.123. The van der Waals surface area contributed by atoms with Crippen LogP contribution in [0.25, 0.3) is 11.0 Å². The van der Waals surface area contributed by atoms with Gasteiger partial charge in [0.15, 0.2) is 17.5 Å². The summed E-state index contributed by atoms with van der Waals surface area (Å²) >= 11 is 0. The van der Waals surface area contributed by atoms with E-state index in [1.165, 1.54) is 19.1 Å². The molecule has 0 spiro atoms. The zero-order chi connectivity index (χ0) is 20.3. The average Bonchev–Trinajstić information content (AvgIpc) is 3.02. The topological polar surface area (TPSA) is 77.8 Å². The molecule has 6 nitrogen and oxygen atoms in total. The van der Waals surface area contributed by atoms with Crippen molar-refractivity contribution in [1.82, 2.24) is 0 Å². The molecule has 0 unspecified atom stereocenters. The third-order valence-electron chi connectivity index (χ3n) is 4.20. The number of fused-ring (bicyclic) bond motifs is 1. The molecular weight excluding hydrogens is 365 g/mol. The Morgan fingerprint density at radius 3 is 2.64 bits per heavy atom. The van der Waals surface area contributed by atoms with Crippen LogP contribution in [0.4, 0.5) is 10.1 Å². The van der Waals surface area contributed by atoms with Crippen molar-refractivity contribution in [3.63, 3.8) is 0 Å². The van der Waals surface area contributed by atoms with Gasteiger partial charge in [-0.05, 0) is 39.0 Å². The molecule has 7 heteroatoms. The minimum atomic E-state index is -1.10. The van der Waals surface area contributed by atoms with E-state index in [9.17, 15) is 14.0 Å². The molecule has 0 radical (unpaired) electrons. The number of carbonyl (C=O) groups excluding carboxylic acids is 2. The maximum absolute atomic E-state index is 13.9. The quantitative estimate of drug-likeness (QED) is 0.634. The molecule has 1 atom stereocenters. The molecule has 1 aromatic heterocycles. The van der Waals surface area contributed by atoms with E-state index < -0.39 is 23.8 Å². The van der Waals surface area contributed by atoms with Gasteiger partial charge in [0.1, 0.15) is 5.75 Å². The first-order valence-corrected chi connectivity index (χ1v) is 8.83. The molecule has 3 aromatic rings. The van der Waals surface area contributed by atoms with Gasteiger partial charge in [0.2, 0.25) is 5.76 Å². The number of hydrogen-bond acceptors (Lipinski definition) is 5. The second kappa shape index (κ2) is 8.12. The highest BCUT2D eigenvalue weighted by Crippen LogP contribution is 2.28. The van der Waals surface area contributed by atoms with Crippen LogP contribution in [0.5, 0.6) is 5.75 Å². The van der Waals surface area contributed by atoms with Crippen LogP contribution in [0.15, 0.2) is 46.9 Å². The first-order chi connectivity index (χ1) is 13.4. The Labute approximate surface area is 161 Å². The first-order valence-electron chi connectivity index (χ1n) is 8.83. The van der Waals surface area contributed by atoms with Crippen molar-refractivity contribution < 1.29 is 27.9 Å². The number of rotatable bonds is 6. The number of ether oxygens (including phenoxy) is 2. The van der Waals surface area contributed by atoms with Gasteiger partial charge in [0.05, 0.1) is 12.3 Å². The first kappa shape index (κ1) is 19.4. The fraction of sp³-hybridized carbons (Fsp3) is 0.238. The van der Waals surface area contributed by atoms with E-state index in [2.05, 4.69) is 5.32 Å². The minimum absolute atomic E-state index is 0.0188. The number of amides is 1. The van der Waals surface area contributed by atoms with E-state index in [-0.39, 0.29) is 11.3 Å². The summed E-state index contributed by atoms with van der Waals surface area (Å²) in [6, 6.07) is 11.4. The number of para-hydroxylation sites is 3. The van der Waals surface area contributed by atoms with Crippen LogP contribution in [0.3, 0.4) is 0 Å². The summed E-state index contributed by atoms with van der Waals surface area (Å²) in [5.41, 5.74) is 0.905. The molecule has 0 aliphatic carbocycles. The summed E-state index contributed by atoms with van der Waals surface area (Å²) < 4.78 is 29.9. The fourth-order valence-corrected chi connectivity index (χ4v) is 2.76. The number of esters is 1. The van der Waals surface area contributed by atoms with Crippen molar-refractivity contribution >= 4 is 28.5 Å². The maximum Gasteiger partial charge on any atom is 0.375 e. The molecule has 0 saturated heterocycles. The molecular formula is C21H20FNO5. The summed E-state index contributed by atoms with van der Waals surface area (Å²) in [7, 11) is 0. The highest BCUT2D eigenvalue weighted by molar-refractivity contribution is 6.00. The molecule has 0 aliphatic heterocycles. The van der Waals surface area contributed by atoms with Crippen LogP contribution in [0.1, 0.15) is 30.0 Å². The predicted molar refractivity (Wildman–Crippen MR) is 102 cm³/mol. The van der Waals surface area contributed by atoms with Crippen molar-refractivity contribution in [2.75, 3.05) is 11.9 Å². The predicted octanol–water partition coefficient (Wildman–Crippen LogP) is 4.46. The van der Waals surface area contributed by atoms with Crippen LogP contribution in [-0.2, 0) is 9.53 Å². The lowest BCUT2D eigenvalue weighted by atomic mass is 10.1. The van der Waals surface area contributed by atoms with E-state index in [0.717, 1.165) is 0 Å². The van der Waals surface area contributed by atoms with Gasteiger partial charge in [-0.25, -0.2) is 9.18 Å². The minimum Gasteiger partial charge on any atom is -0.492 e. The van der Waals surface area contributed by atoms with Crippen LogP contribution in [0, 0.1) is 12.7 Å². The molecule has 146 valence electrons. The van der Waals surface area contributed by atoms with Crippen LogP contribution in [-0.4, -0.2) is 24.6 Å². The fourth-order valence-electron chi connectivity index (χ4n) is 2.76. The van der Waals surface area contributed by atoms with Crippen molar-refractivity contribution in [3.8, 4) is 5.75 Å². The Hall–Kier alpha value is -3.35. The summed E-state index contributed by atoms with van der Waals surface area (Å²) in [6.07, 6.45) is -1.10. The van der Waals surface area contributed by atoms with E-state index in [1.807, 2.05) is 6.92 Å². The number of furan rings is 1. The lowest BCUT2D eigenvalue weighted by Crippen LogP contribution is -2.30. The summed E-state index contributed by atoms with van der Waals surface area (Å²) in [5.74, 6) is -1.55. The zero-order valence-corrected chi connectivity index (χ0v) is 15.7. The Balaban J connectivity index is 1.73. The van der Waals surface area contributed by atoms with Crippen molar-refractivity contribution in [2.45, 2.75) is 26.9 Å². The normalized spacial score (nSPS) is 11.9. The Morgan fingerprint density at radius 2 is 1.93 bits per heavy atom. The number of benzene rings is 2. The van der Waals surface area contributed by atoms with E-state index in [1.54, 1.807) is 37.3 Å². The van der Waals surface area contributed by atoms with Gasteiger partial charge in [-0.2, -0.15) is 0 Å². The van der Waals surface area contributed by atoms with Crippen molar-refractivity contribution in [3.05, 3.63) is 59.6 Å². The maximum atomic E-state index is 13.9. The number of carbonyl (C=O) groups is 2. The Morgan fingerprint density at radius 1 is 1.18 bits per heavy atom. The molecule has 1 heterocycles. The van der Waals surface area contributed by atoms with E-state index in [0.29, 0.717) is 29.0 Å². The zero-order valence-electron chi connectivity index (χ0n) is 15.7. The second-order valence-corrected chi connectivity index (χ2v) is 6.14. The van der Waals surface area contributed by atoms with Gasteiger partial charge in [0.25, 0.3) is 5.91 Å².